The molecule has 2 N–H and O–H groups in total. The Morgan fingerprint density at radius 3 is 2.86 bits per heavy atom. The monoisotopic (exact) mass is 295 g/mol. The summed E-state index contributed by atoms with van der Waals surface area (Å²) < 4.78 is 18.3. The minimum atomic E-state index is -0.489. The van der Waals surface area contributed by atoms with E-state index in [1.54, 1.807) is 0 Å². The van der Waals surface area contributed by atoms with E-state index in [2.05, 4.69) is 5.32 Å². The highest BCUT2D eigenvalue weighted by Crippen LogP contribution is 2.24. The Bertz CT molecular complexity index is 492. The number of rotatable bonds is 4. The molecule has 0 radical (unpaired) electrons. The van der Waals surface area contributed by atoms with Crippen LogP contribution in [0.15, 0.2) is 18.2 Å². The number of nitrogens with one attached hydrogen (secondary N) is 1. The van der Waals surface area contributed by atoms with Gasteiger partial charge in [0.2, 0.25) is 0 Å². The summed E-state index contributed by atoms with van der Waals surface area (Å²) in [6.07, 6.45) is 5.06. The van der Waals surface area contributed by atoms with Crippen molar-refractivity contribution >= 4 is 5.91 Å². The highest BCUT2D eigenvalue weighted by Gasteiger charge is 2.25. The Morgan fingerprint density at radius 1 is 1.38 bits per heavy atom. The zero-order valence-corrected chi connectivity index (χ0v) is 12.3. The van der Waals surface area contributed by atoms with Crippen molar-refractivity contribution in [1.82, 2.24) is 5.32 Å². The van der Waals surface area contributed by atoms with Crippen LogP contribution in [0.2, 0.25) is 0 Å². The van der Waals surface area contributed by atoms with Gasteiger partial charge in [-0.05, 0) is 31.0 Å². The van der Waals surface area contributed by atoms with Gasteiger partial charge in [0.15, 0.2) is 11.6 Å². The predicted octanol–water partition coefficient (Wildman–Crippen LogP) is 2.51. The highest BCUT2D eigenvalue weighted by atomic mass is 19.1. The molecule has 1 aliphatic rings. The van der Waals surface area contributed by atoms with E-state index in [0.29, 0.717) is 5.56 Å². The number of benzene rings is 1. The van der Waals surface area contributed by atoms with Crippen molar-refractivity contribution in [2.24, 2.45) is 5.92 Å². The molecule has 1 fully saturated rings. The summed E-state index contributed by atoms with van der Waals surface area (Å²) in [5.74, 6) is -0.587. The van der Waals surface area contributed by atoms with Crippen LogP contribution >= 0.6 is 0 Å². The minimum Gasteiger partial charge on any atom is -0.494 e. The molecule has 1 saturated carbocycles. The molecular formula is C16H22FNO3. The van der Waals surface area contributed by atoms with Crippen LogP contribution in [0.1, 0.15) is 42.5 Å². The fourth-order valence-corrected chi connectivity index (χ4v) is 2.85. The number of carbonyl (C=O) groups excluding carboxylic acids is 1. The first-order chi connectivity index (χ1) is 10.2. The Kier molecular flexibility index (Phi) is 5.56. The van der Waals surface area contributed by atoms with E-state index in [0.717, 1.165) is 32.1 Å². The molecule has 1 amide bonds. The lowest BCUT2D eigenvalue weighted by Gasteiger charge is -2.24. The third kappa shape index (κ3) is 3.94. The zero-order valence-electron chi connectivity index (χ0n) is 12.3. The number of carbonyl (C=O) groups is 1. The van der Waals surface area contributed by atoms with Crippen LogP contribution in [0.5, 0.6) is 5.75 Å². The molecule has 1 aliphatic carbocycles. The van der Waals surface area contributed by atoms with Crippen LogP contribution in [0.3, 0.4) is 0 Å². The van der Waals surface area contributed by atoms with E-state index in [1.165, 1.54) is 25.3 Å². The standard InChI is InChI=1S/C16H22FNO3/c1-21-15-9-11(7-8-13(15)17)16(20)18-14-6-4-2-3-5-12(14)10-19/h7-9,12,14,19H,2-6,10H2,1H3,(H,18,20)/t12-,14+/m0/s1. The lowest BCUT2D eigenvalue weighted by Crippen LogP contribution is -2.41. The van der Waals surface area contributed by atoms with Crippen LogP contribution in [-0.2, 0) is 0 Å². The molecule has 0 saturated heterocycles. The SMILES string of the molecule is COc1cc(C(=O)N[C@@H]2CCCCC[C@H]2CO)ccc1F. The summed E-state index contributed by atoms with van der Waals surface area (Å²) in [5.41, 5.74) is 0.370. The highest BCUT2D eigenvalue weighted by molar-refractivity contribution is 5.94. The molecule has 0 aliphatic heterocycles. The Labute approximate surface area is 124 Å². The normalized spacial score (nSPS) is 22.4. The molecule has 0 bridgehead atoms. The molecule has 21 heavy (non-hydrogen) atoms. The van der Waals surface area contributed by atoms with Crippen molar-refractivity contribution in [1.29, 1.82) is 0 Å². The molecule has 4 nitrogen and oxygen atoms in total. The van der Waals surface area contributed by atoms with Gasteiger partial charge >= 0.3 is 0 Å². The van der Waals surface area contributed by atoms with Crippen LogP contribution in [0, 0.1) is 11.7 Å². The van der Waals surface area contributed by atoms with Crippen LogP contribution in [0.25, 0.3) is 0 Å². The van der Waals surface area contributed by atoms with Crippen LogP contribution in [-0.4, -0.2) is 30.8 Å². The molecule has 1 aromatic rings. The van der Waals surface area contributed by atoms with E-state index in [-0.39, 0.29) is 30.2 Å². The summed E-state index contributed by atoms with van der Waals surface area (Å²) in [6, 6.07) is 4.04. The molecule has 0 unspecified atom stereocenters. The number of ether oxygens (including phenoxy) is 1. The number of amides is 1. The Balaban J connectivity index is 2.08. The van der Waals surface area contributed by atoms with Crippen molar-refractivity contribution in [3.05, 3.63) is 29.6 Å². The third-order valence-corrected chi connectivity index (χ3v) is 4.12. The average Bonchev–Trinajstić information content (AvgIpc) is 2.72. The van der Waals surface area contributed by atoms with E-state index in [4.69, 9.17) is 4.74 Å². The van der Waals surface area contributed by atoms with Crippen molar-refractivity contribution in [2.75, 3.05) is 13.7 Å². The molecule has 0 spiro atoms. The maximum atomic E-state index is 13.4. The second kappa shape index (κ2) is 7.41. The van der Waals surface area contributed by atoms with Gasteiger partial charge in [-0.3, -0.25) is 4.79 Å². The molecule has 1 aromatic carbocycles. The van der Waals surface area contributed by atoms with Gasteiger partial charge in [0.1, 0.15) is 0 Å². The smallest absolute Gasteiger partial charge is 0.251 e. The molecule has 0 aromatic heterocycles. The quantitative estimate of drug-likeness (QED) is 0.839. The number of methoxy groups -OCH3 is 1. The maximum Gasteiger partial charge on any atom is 0.251 e. The minimum absolute atomic E-state index is 0.0268. The third-order valence-electron chi connectivity index (χ3n) is 4.12. The van der Waals surface area contributed by atoms with Gasteiger partial charge in [0.05, 0.1) is 7.11 Å². The second-order valence-corrected chi connectivity index (χ2v) is 5.51. The molecule has 2 rings (SSSR count). The predicted molar refractivity (Wildman–Crippen MR) is 77.9 cm³/mol. The average molecular weight is 295 g/mol. The summed E-state index contributed by atoms with van der Waals surface area (Å²) in [5, 5.41) is 12.4. The van der Waals surface area contributed by atoms with Crippen molar-refractivity contribution in [3.63, 3.8) is 0 Å². The van der Waals surface area contributed by atoms with E-state index in [9.17, 15) is 14.3 Å². The van der Waals surface area contributed by atoms with Gasteiger partial charge < -0.3 is 15.2 Å². The topological polar surface area (TPSA) is 58.6 Å². The number of halogens is 1. The van der Waals surface area contributed by atoms with Gasteiger partial charge in [-0.2, -0.15) is 0 Å². The van der Waals surface area contributed by atoms with Crippen molar-refractivity contribution in [2.45, 2.75) is 38.1 Å². The Morgan fingerprint density at radius 2 is 2.14 bits per heavy atom. The van der Waals surface area contributed by atoms with Gasteiger partial charge in [-0.1, -0.05) is 19.3 Å². The van der Waals surface area contributed by atoms with Gasteiger partial charge in [0, 0.05) is 24.1 Å². The summed E-state index contributed by atoms with van der Waals surface area (Å²) in [7, 11) is 1.37. The van der Waals surface area contributed by atoms with E-state index < -0.39 is 5.82 Å². The molecule has 116 valence electrons. The van der Waals surface area contributed by atoms with Gasteiger partial charge in [-0.15, -0.1) is 0 Å². The van der Waals surface area contributed by atoms with E-state index >= 15 is 0 Å². The molecule has 5 heteroatoms. The zero-order chi connectivity index (χ0) is 15.2. The van der Waals surface area contributed by atoms with Gasteiger partial charge in [-0.25, -0.2) is 4.39 Å². The second-order valence-electron chi connectivity index (χ2n) is 5.51. The lowest BCUT2D eigenvalue weighted by molar-refractivity contribution is 0.0899. The summed E-state index contributed by atoms with van der Waals surface area (Å²) in [4.78, 5) is 12.3. The first kappa shape index (κ1) is 15.8. The number of aliphatic hydroxyl groups excluding tert-OH is 1. The van der Waals surface area contributed by atoms with Gasteiger partial charge in [0.25, 0.3) is 5.91 Å². The fourth-order valence-electron chi connectivity index (χ4n) is 2.85. The fraction of sp³-hybridized carbons (Fsp3) is 0.562. The summed E-state index contributed by atoms with van der Waals surface area (Å²) >= 11 is 0. The Hall–Kier alpha value is -1.62. The van der Waals surface area contributed by atoms with Crippen molar-refractivity contribution in [3.8, 4) is 5.75 Å². The first-order valence-corrected chi connectivity index (χ1v) is 7.41. The molecule has 2 atom stereocenters. The maximum absolute atomic E-state index is 13.4. The van der Waals surface area contributed by atoms with E-state index in [1.807, 2.05) is 0 Å². The molecular weight excluding hydrogens is 273 g/mol. The molecule has 0 heterocycles. The largest absolute Gasteiger partial charge is 0.494 e. The van der Waals surface area contributed by atoms with Crippen LogP contribution < -0.4 is 10.1 Å². The van der Waals surface area contributed by atoms with Crippen molar-refractivity contribution < 1.29 is 19.0 Å². The van der Waals surface area contributed by atoms with Crippen LogP contribution in [0.4, 0.5) is 4.39 Å². The summed E-state index contributed by atoms with van der Waals surface area (Å²) in [6.45, 7) is 0.0810. The first-order valence-electron chi connectivity index (χ1n) is 7.41. The number of hydrogen-bond donors (Lipinski definition) is 2. The number of aliphatic hydroxyl groups is 1. The lowest BCUT2D eigenvalue weighted by atomic mass is 9.95. The number of hydrogen-bond acceptors (Lipinski definition) is 3.